The van der Waals surface area contributed by atoms with Gasteiger partial charge >= 0.3 is 0 Å². The predicted octanol–water partition coefficient (Wildman–Crippen LogP) is 4.48. The minimum absolute atomic E-state index is 0.0486. The van der Waals surface area contributed by atoms with E-state index >= 15 is 0 Å². The summed E-state index contributed by atoms with van der Waals surface area (Å²) in [7, 11) is 0. The molecule has 0 spiro atoms. The van der Waals surface area contributed by atoms with Crippen LogP contribution in [0.5, 0.6) is 11.6 Å². The molecule has 0 radical (unpaired) electrons. The third kappa shape index (κ3) is 2.51. The number of aryl methyl sites for hydroxylation is 3. The van der Waals surface area contributed by atoms with Crippen LogP contribution in [0.4, 0.5) is 0 Å². The monoisotopic (exact) mass is 324 g/mol. The molecule has 0 N–H and O–H groups in total. The second-order valence-electron chi connectivity index (χ2n) is 5.80. The summed E-state index contributed by atoms with van der Waals surface area (Å²) in [5, 5.41) is 1.06. The number of hydrogen-bond donors (Lipinski definition) is 0. The third-order valence-corrected chi connectivity index (χ3v) is 5.30. The summed E-state index contributed by atoms with van der Waals surface area (Å²) in [6.45, 7) is 3.44. The number of hydrogen-bond acceptors (Lipinski definition) is 5. The van der Waals surface area contributed by atoms with Crippen LogP contribution in [0.2, 0.25) is 0 Å². The summed E-state index contributed by atoms with van der Waals surface area (Å²) in [5.74, 6) is 2.08. The minimum atomic E-state index is 0.0486. The maximum absolute atomic E-state index is 11.4. The lowest BCUT2D eigenvalue weighted by molar-refractivity contribution is 0.101. The topological polar surface area (TPSA) is 52.1 Å². The van der Waals surface area contributed by atoms with Gasteiger partial charge in [-0.05, 0) is 62.9 Å². The highest BCUT2D eigenvalue weighted by Crippen LogP contribution is 2.41. The van der Waals surface area contributed by atoms with Crippen molar-refractivity contribution in [3.63, 3.8) is 0 Å². The normalized spacial score (nSPS) is 13.3. The molecule has 1 aliphatic carbocycles. The van der Waals surface area contributed by atoms with Crippen LogP contribution in [0.25, 0.3) is 10.2 Å². The fraction of sp³-hybridized carbons (Fsp3) is 0.278. The third-order valence-electron chi connectivity index (χ3n) is 4.12. The van der Waals surface area contributed by atoms with Crippen LogP contribution in [0, 0.1) is 6.92 Å². The fourth-order valence-electron chi connectivity index (χ4n) is 3.01. The van der Waals surface area contributed by atoms with E-state index in [1.165, 1.54) is 16.9 Å². The lowest BCUT2D eigenvalue weighted by Crippen LogP contribution is -1.96. The average molecular weight is 324 g/mol. The van der Waals surface area contributed by atoms with Gasteiger partial charge in [0.25, 0.3) is 0 Å². The van der Waals surface area contributed by atoms with Gasteiger partial charge in [0, 0.05) is 10.4 Å². The molecule has 2 heterocycles. The molecule has 116 valence electrons. The Morgan fingerprint density at radius 3 is 2.70 bits per heavy atom. The van der Waals surface area contributed by atoms with Gasteiger partial charge in [-0.1, -0.05) is 0 Å². The van der Waals surface area contributed by atoms with E-state index in [1.807, 2.05) is 19.1 Å². The number of rotatable bonds is 3. The Morgan fingerprint density at radius 2 is 1.96 bits per heavy atom. The number of ketones is 1. The summed E-state index contributed by atoms with van der Waals surface area (Å²) in [4.78, 5) is 22.9. The zero-order valence-corrected chi connectivity index (χ0v) is 13.9. The van der Waals surface area contributed by atoms with Crippen molar-refractivity contribution in [2.75, 3.05) is 0 Å². The molecule has 1 aromatic carbocycles. The molecular formula is C18H16N2O2S. The Balaban J connectivity index is 1.77. The second kappa shape index (κ2) is 5.42. The van der Waals surface area contributed by atoms with Crippen LogP contribution in [0.15, 0.2) is 24.3 Å². The number of Topliss-reactive ketones (excluding diaryl/α,β-unsaturated/α-hetero) is 1. The van der Waals surface area contributed by atoms with Crippen molar-refractivity contribution in [3.05, 3.63) is 46.1 Å². The van der Waals surface area contributed by atoms with E-state index in [9.17, 15) is 4.79 Å². The van der Waals surface area contributed by atoms with Gasteiger partial charge in [0.2, 0.25) is 5.88 Å². The van der Waals surface area contributed by atoms with Gasteiger partial charge in [-0.2, -0.15) is 4.98 Å². The SMILES string of the molecule is CC(=O)c1ccc(Oc2nc(C)nc3sc4c(c23)CCC4)cc1. The maximum Gasteiger partial charge on any atom is 0.231 e. The molecule has 0 aliphatic heterocycles. The molecule has 2 aromatic heterocycles. The van der Waals surface area contributed by atoms with Crippen LogP contribution in [-0.2, 0) is 12.8 Å². The van der Waals surface area contributed by atoms with Gasteiger partial charge in [-0.25, -0.2) is 4.98 Å². The second-order valence-corrected chi connectivity index (χ2v) is 6.88. The molecule has 0 saturated carbocycles. The Kier molecular flexibility index (Phi) is 3.38. The first-order valence-corrected chi connectivity index (χ1v) is 8.51. The van der Waals surface area contributed by atoms with Crippen molar-refractivity contribution >= 4 is 27.3 Å². The molecule has 0 saturated heterocycles. The number of nitrogens with zero attached hydrogens (tertiary/aromatic N) is 2. The average Bonchev–Trinajstić information content (AvgIpc) is 3.07. The number of carbonyl (C=O) groups excluding carboxylic acids is 1. The fourth-order valence-corrected chi connectivity index (χ4v) is 4.30. The number of aromatic nitrogens is 2. The Hall–Kier alpha value is -2.27. The van der Waals surface area contributed by atoms with E-state index < -0.39 is 0 Å². The first kappa shape index (κ1) is 14.3. The number of benzene rings is 1. The van der Waals surface area contributed by atoms with Crippen LogP contribution in [-0.4, -0.2) is 15.8 Å². The zero-order chi connectivity index (χ0) is 16.0. The van der Waals surface area contributed by atoms with Crippen molar-refractivity contribution < 1.29 is 9.53 Å². The van der Waals surface area contributed by atoms with Gasteiger partial charge in [-0.15, -0.1) is 11.3 Å². The van der Waals surface area contributed by atoms with E-state index in [-0.39, 0.29) is 5.78 Å². The summed E-state index contributed by atoms with van der Waals surface area (Å²) in [6.07, 6.45) is 3.39. The van der Waals surface area contributed by atoms with Crippen LogP contribution in [0.3, 0.4) is 0 Å². The van der Waals surface area contributed by atoms with Crippen LogP contribution in [0.1, 0.15) is 40.0 Å². The zero-order valence-electron chi connectivity index (χ0n) is 13.0. The van der Waals surface area contributed by atoms with E-state index in [0.29, 0.717) is 23.0 Å². The highest BCUT2D eigenvalue weighted by atomic mass is 32.1. The molecule has 0 fully saturated rings. The largest absolute Gasteiger partial charge is 0.438 e. The van der Waals surface area contributed by atoms with Crippen LogP contribution < -0.4 is 4.74 Å². The number of carbonyl (C=O) groups is 1. The molecule has 0 amide bonds. The first-order chi connectivity index (χ1) is 11.1. The molecule has 4 nitrogen and oxygen atoms in total. The molecule has 23 heavy (non-hydrogen) atoms. The minimum Gasteiger partial charge on any atom is -0.438 e. The van der Waals surface area contributed by atoms with E-state index in [2.05, 4.69) is 9.97 Å². The number of thiophene rings is 1. The molecule has 5 heteroatoms. The Morgan fingerprint density at radius 1 is 1.17 bits per heavy atom. The smallest absolute Gasteiger partial charge is 0.231 e. The maximum atomic E-state index is 11.4. The van der Waals surface area contributed by atoms with Crippen molar-refractivity contribution in [1.29, 1.82) is 0 Å². The molecule has 4 rings (SSSR count). The molecule has 1 aliphatic rings. The van der Waals surface area contributed by atoms with Crippen molar-refractivity contribution in [1.82, 2.24) is 9.97 Å². The Labute approximate surface area is 138 Å². The highest BCUT2D eigenvalue weighted by Gasteiger charge is 2.22. The van der Waals surface area contributed by atoms with Gasteiger partial charge < -0.3 is 4.74 Å². The predicted molar refractivity (Wildman–Crippen MR) is 90.7 cm³/mol. The van der Waals surface area contributed by atoms with Crippen molar-refractivity contribution in [2.45, 2.75) is 33.1 Å². The Bertz CT molecular complexity index is 913. The molecule has 3 aromatic rings. The molecular weight excluding hydrogens is 308 g/mol. The van der Waals surface area contributed by atoms with Gasteiger partial charge in [0.1, 0.15) is 16.4 Å². The van der Waals surface area contributed by atoms with Gasteiger partial charge in [0.15, 0.2) is 5.78 Å². The first-order valence-electron chi connectivity index (χ1n) is 7.69. The lowest BCUT2D eigenvalue weighted by Gasteiger charge is -2.08. The highest BCUT2D eigenvalue weighted by molar-refractivity contribution is 7.19. The summed E-state index contributed by atoms with van der Waals surface area (Å²) >= 11 is 1.76. The molecule has 0 atom stereocenters. The number of ether oxygens (including phenoxy) is 1. The van der Waals surface area contributed by atoms with Crippen LogP contribution >= 0.6 is 11.3 Å². The lowest BCUT2D eigenvalue weighted by atomic mass is 10.1. The quantitative estimate of drug-likeness (QED) is 0.666. The van der Waals surface area contributed by atoms with Gasteiger partial charge in [0.05, 0.1) is 5.39 Å². The number of fused-ring (bicyclic) bond motifs is 3. The van der Waals surface area contributed by atoms with E-state index in [0.717, 1.165) is 23.1 Å². The standard InChI is InChI=1S/C18H16N2O2S/c1-10(21)12-6-8-13(9-7-12)22-17-16-14-4-3-5-15(14)23-18(16)20-11(2)19-17/h6-9H,3-5H2,1-2H3. The molecule has 0 bridgehead atoms. The van der Waals surface area contributed by atoms with Crippen molar-refractivity contribution in [3.8, 4) is 11.6 Å². The van der Waals surface area contributed by atoms with Crippen molar-refractivity contribution in [2.24, 2.45) is 0 Å². The summed E-state index contributed by atoms with van der Waals surface area (Å²) in [5.41, 5.74) is 2.03. The van der Waals surface area contributed by atoms with E-state index in [4.69, 9.17) is 4.74 Å². The van der Waals surface area contributed by atoms with E-state index in [1.54, 1.807) is 30.4 Å². The molecule has 0 unspecified atom stereocenters. The summed E-state index contributed by atoms with van der Waals surface area (Å²) in [6, 6.07) is 7.18. The van der Waals surface area contributed by atoms with Gasteiger partial charge in [-0.3, -0.25) is 4.79 Å². The summed E-state index contributed by atoms with van der Waals surface area (Å²) < 4.78 is 6.04.